The Hall–Kier alpha value is -3.19. The number of carbonyl (C=O) groups is 2. The first-order chi connectivity index (χ1) is 14.0. The summed E-state index contributed by atoms with van der Waals surface area (Å²) in [5.41, 5.74) is 2.38. The minimum Gasteiger partial charge on any atom is -0.496 e. The van der Waals surface area contributed by atoms with E-state index < -0.39 is 17.7 Å². The van der Waals surface area contributed by atoms with Gasteiger partial charge in [0.15, 0.2) is 0 Å². The van der Waals surface area contributed by atoms with Crippen LogP contribution in [0.15, 0.2) is 47.8 Å². The zero-order chi connectivity index (χ0) is 21.0. The van der Waals surface area contributed by atoms with Crippen LogP contribution in [0.1, 0.15) is 33.2 Å². The maximum absolute atomic E-state index is 14.0. The van der Waals surface area contributed by atoms with Crippen LogP contribution < -0.4 is 10.1 Å². The molecule has 7 heteroatoms. The fraction of sp³-hybridized carbons (Fsp3) is 0.182. The SMILES string of the molecule is CCOC(=O)c1c(-c2cc(C)ccc2OC)csc1NC(=O)c1ccccc1F. The first-order valence-corrected chi connectivity index (χ1v) is 9.83. The minimum atomic E-state index is -0.641. The van der Waals surface area contributed by atoms with Gasteiger partial charge in [-0.1, -0.05) is 23.8 Å². The number of esters is 1. The summed E-state index contributed by atoms with van der Waals surface area (Å²) in [5, 5.41) is 4.68. The quantitative estimate of drug-likeness (QED) is 0.557. The number of rotatable bonds is 6. The predicted octanol–water partition coefficient (Wildman–Crippen LogP) is 5.30. The average Bonchev–Trinajstić information content (AvgIpc) is 3.11. The number of hydrogen-bond acceptors (Lipinski definition) is 5. The third-order valence-electron chi connectivity index (χ3n) is 4.26. The zero-order valence-corrected chi connectivity index (χ0v) is 17.1. The van der Waals surface area contributed by atoms with E-state index in [9.17, 15) is 14.0 Å². The molecular formula is C22H20FNO4S. The zero-order valence-electron chi connectivity index (χ0n) is 16.2. The van der Waals surface area contributed by atoms with Gasteiger partial charge in [-0.2, -0.15) is 0 Å². The first-order valence-electron chi connectivity index (χ1n) is 8.95. The molecule has 0 atom stereocenters. The second-order valence-electron chi connectivity index (χ2n) is 6.21. The first kappa shape index (κ1) is 20.5. The molecule has 1 N–H and O–H groups in total. The largest absolute Gasteiger partial charge is 0.496 e. The minimum absolute atomic E-state index is 0.106. The monoisotopic (exact) mass is 413 g/mol. The lowest BCUT2D eigenvalue weighted by molar-refractivity contribution is 0.0529. The molecule has 1 heterocycles. The number of methoxy groups -OCH3 is 1. The summed E-state index contributed by atoms with van der Waals surface area (Å²) < 4.78 is 24.6. The lowest BCUT2D eigenvalue weighted by Gasteiger charge is -2.12. The average molecular weight is 413 g/mol. The summed E-state index contributed by atoms with van der Waals surface area (Å²) >= 11 is 1.17. The van der Waals surface area contributed by atoms with Crippen molar-refractivity contribution in [2.45, 2.75) is 13.8 Å². The van der Waals surface area contributed by atoms with Gasteiger partial charge in [0, 0.05) is 16.5 Å². The molecule has 3 rings (SSSR count). The summed E-state index contributed by atoms with van der Waals surface area (Å²) in [4.78, 5) is 25.3. The molecule has 0 aliphatic carbocycles. The fourth-order valence-electron chi connectivity index (χ4n) is 2.90. The molecule has 0 aliphatic heterocycles. The van der Waals surface area contributed by atoms with Crippen LogP contribution in [0.3, 0.4) is 0 Å². The number of amides is 1. The Morgan fingerprint density at radius 3 is 2.59 bits per heavy atom. The lowest BCUT2D eigenvalue weighted by Crippen LogP contribution is -2.16. The summed E-state index contributed by atoms with van der Waals surface area (Å²) in [6, 6.07) is 11.3. The molecule has 0 unspecified atom stereocenters. The Kier molecular flexibility index (Phi) is 6.29. The summed E-state index contributed by atoms with van der Waals surface area (Å²) in [7, 11) is 1.55. The fourth-order valence-corrected chi connectivity index (χ4v) is 3.85. The van der Waals surface area contributed by atoms with E-state index in [2.05, 4.69) is 5.32 Å². The van der Waals surface area contributed by atoms with Crippen LogP contribution >= 0.6 is 11.3 Å². The van der Waals surface area contributed by atoms with Crippen molar-refractivity contribution in [3.8, 4) is 16.9 Å². The van der Waals surface area contributed by atoms with Gasteiger partial charge in [-0.25, -0.2) is 9.18 Å². The van der Waals surface area contributed by atoms with E-state index in [0.717, 1.165) is 5.56 Å². The maximum Gasteiger partial charge on any atom is 0.341 e. The molecule has 0 fully saturated rings. The number of anilines is 1. The van der Waals surface area contributed by atoms with E-state index in [0.29, 0.717) is 16.9 Å². The highest BCUT2D eigenvalue weighted by Crippen LogP contribution is 2.40. The third kappa shape index (κ3) is 4.30. The molecular weight excluding hydrogens is 393 g/mol. The number of halogens is 1. The Morgan fingerprint density at radius 1 is 1.14 bits per heavy atom. The smallest absolute Gasteiger partial charge is 0.341 e. The number of hydrogen-bond donors (Lipinski definition) is 1. The molecule has 0 spiro atoms. The highest BCUT2D eigenvalue weighted by atomic mass is 32.1. The second kappa shape index (κ2) is 8.87. The Balaban J connectivity index is 2.08. The van der Waals surface area contributed by atoms with Crippen LogP contribution in [-0.4, -0.2) is 25.6 Å². The standard InChI is InChI=1S/C22H20FNO4S/c1-4-28-22(26)19-16(15-11-13(2)9-10-18(15)27-3)12-29-21(19)24-20(25)14-7-5-6-8-17(14)23/h5-12H,4H2,1-3H3,(H,24,25). The molecule has 0 bridgehead atoms. The highest BCUT2D eigenvalue weighted by molar-refractivity contribution is 7.15. The lowest BCUT2D eigenvalue weighted by atomic mass is 10.0. The van der Waals surface area contributed by atoms with E-state index in [1.54, 1.807) is 25.5 Å². The molecule has 1 aromatic heterocycles. The van der Waals surface area contributed by atoms with Gasteiger partial charge in [-0.05, 0) is 38.1 Å². The van der Waals surface area contributed by atoms with Crippen LogP contribution in [0, 0.1) is 12.7 Å². The molecule has 150 valence electrons. The van der Waals surface area contributed by atoms with Crippen molar-refractivity contribution in [3.63, 3.8) is 0 Å². The maximum atomic E-state index is 14.0. The summed E-state index contributed by atoms with van der Waals surface area (Å²) in [5.74, 6) is -1.26. The van der Waals surface area contributed by atoms with Crippen LogP contribution in [0.5, 0.6) is 5.75 Å². The number of carbonyl (C=O) groups excluding carboxylic acids is 2. The Bertz CT molecular complexity index is 1060. The van der Waals surface area contributed by atoms with Gasteiger partial charge < -0.3 is 14.8 Å². The number of thiophene rings is 1. The number of nitrogens with one attached hydrogen (secondary N) is 1. The Morgan fingerprint density at radius 2 is 1.90 bits per heavy atom. The van der Waals surface area contributed by atoms with E-state index in [1.807, 2.05) is 25.1 Å². The summed E-state index contributed by atoms with van der Waals surface area (Å²) in [6.07, 6.45) is 0. The van der Waals surface area contributed by atoms with Crippen molar-refractivity contribution in [1.29, 1.82) is 0 Å². The van der Waals surface area contributed by atoms with E-state index in [-0.39, 0.29) is 22.7 Å². The van der Waals surface area contributed by atoms with Crippen molar-refractivity contribution < 1.29 is 23.5 Å². The molecule has 0 radical (unpaired) electrons. The normalized spacial score (nSPS) is 10.5. The number of ether oxygens (including phenoxy) is 2. The molecule has 5 nitrogen and oxygen atoms in total. The van der Waals surface area contributed by atoms with E-state index in [1.165, 1.54) is 29.5 Å². The van der Waals surface area contributed by atoms with Crippen molar-refractivity contribution in [2.75, 3.05) is 19.0 Å². The van der Waals surface area contributed by atoms with Gasteiger partial charge in [0.05, 0.1) is 19.3 Å². The van der Waals surface area contributed by atoms with Crippen molar-refractivity contribution in [1.82, 2.24) is 0 Å². The van der Waals surface area contributed by atoms with E-state index in [4.69, 9.17) is 9.47 Å². The van der Waals surface area contributed by atoms with Gasteiger partial charge in [0.1, 0.15) is 22.1 Å². The molecule has 1 amide bonds. The van der Waals surface area contributed by atoms with Crippen molar-refractivity contribution in [2.24, 2.45) is 0 Å². The number of benzene rings is 2. The molecule has 0 aliphatic rings. The predicted molar refractivity (Wildman–Crippen MR) is 111 cm³/mol. The van der Waals surface area contributed by atoms with Gasteiger partial charge >= 0.3 is 5.97 Å². The van der Waals surface area contributed by atoms with Gasteiger partial charge in [0.25, 0.3) is 5.91 Å². The van der Waals surface area contributed by atoms with Gasteiger partial charge in [-0.15, -0.1) is 11.3 Å². The molecule has 29 heavy (non-hydrogen) atoms. The molecule has 3 aromatic rings. The van der Waals surface area contributed by atoms with Gasteiger partial charge in [0.2, 0.25) is 0 Å². The van der Waals surface area contributed by atoms with Crippen molar-refractivity contribution >= 4 is 28.2 Å². The van der Waals surface area contributed by atoms with Crippen LogP contribution in [0.25, 0.3) is 11.1 Å². The van der Waals surface area contributed by atoms with Crippen LogP contribution in [0.4, 0.5) is 9.39 Å². The van der Waals surface area contributed by atoms with Gasteiger partial charge in [-0.3, -0.25) is 4.79 Å². The van der Waals surface area contributed by atoms with E-state index >= 15 is 0 Å². The topological polar surface area (TPSA) is 64.6 Å². The number of aryl methyl sites for hydroxylation is 1. The highest BCUT2D eigenvalue weighted by Gasteiger charge is 2.25. The van der Waals surface area contributed by atoms with Crippen LogP contribution in [0.2, 0.25) is 0 Å². The molecule has 0 saturated carbocycles. The van der Waals surface area contributed by atoms with Crippen molar-refractivity contribution in [3.05, 3.63) is 70.4 Å². The molecule has 2 aromatic carbocycles. The third-order valence-corrected chi connectivity index (χ3v) is 5.16. The Labute approximate surface area is 172 Å². The van der Waals surface area contributed by atoms with Crippen LogP contribution in [-0.2, 0) is 4.74 Å². The second-order valence-corrected chi connectivity index (χ2v) is 7.09. The summed E-state index contributed by atoms with van der Waals surface area (Å²) in [6.45, 7) is 3.81. The molecule has 0 saturated heterocycles.